The van der Waals surface area contributed by atoms with E-state index in [0.717, 1.165) is 9.37 Å². The first-order valence-corrected chi connectivity index (χ1v) is 4.93. The van der Waals surface area contributed by atoms with E-state index in [4.69, 9.17) is 5.26 Å². The quantitative estimate of drug-likeness (QED) is 0.773. The number of nitriles is 1. The van der Waals surface area contributed by atoms with E-state index >= 15 is 0 Å². The first-order chi connectivity index (χ1) is 7.04. The Bertz CT molecular complexity index is 428. The molecule has 1 amide bonds. The van der Waals surface area contributed by atoms with Crippen molar-refractivity contribution < 1.29 is 9.18 Å². The Morgan fingerprint density at radius 3 is 2.93 bits per heavy atom. The number of benzene rings is 1. The first kappa shape index (κ1) is 11.7. The molecule has 0 aromatic heterocycles. The molecule has 78 valence electrons. The van der Waals surface area contributed by atoms with Crippen LogP contribution >= 0.6 is 15.9 Å². The maximum Gasteiger partial charge on any atom is 0.325 e. The summed E-state index contributed by atoms with van der Waals surface area (Å²) < 4.78 is 14.0. The van der Waals surface area contributed by atoms with E-state index in [-0.39, 0.29) is 6.54 Å². The number of amides is 1. The minimum Gasteiger partial charge on any atom is -0.329 e. The number of carbonyl (C=O) groups excluding carboxylic acids is 1. The highest BCUT2D eigenvalue weighted by atomic mass is 79.9. The van der Waals surface area contributed by atoms with Crippen molar-refractivity contribution in [3.63, 3.8) is 0 Å². The van der Waals surface area contributed by atoms with Gasteiger partial charge < -0.3 is 4.90 Å². The van der Waals surface area contributed by atoms with Gasteiger partial charge in [0.25, 0.3) is 0 Å². The fraction of sp³-hybridized carbons (Fsp3) is 0.200. The molecule has 1 aromatic carbocycles. The second kappa shape index (κ2) is 4.89. The normalized spacial score (nSPS) is 9.47. The Morgan fingerprint density at radius 1 is 1.67 bits per heavy atom. The Labute approximate surface area is 95.2 Å². The average molecular weight is 271 g/mol. The lowest BCUT2D eigenvalue weighted by Gasteiger charge is -2.13. The third-order valence-corrected chi connectivity index (χ3v) is 2.35. The summed E-state index contributed by atoms with van der Waals surface area (Å²) in [6.45, 7) is 0.0810. The topological polar surface area (TPSA) is 44.1 Å². The molecule has 0 N–H and O–H groups in total. The lowest BCUT2D eigenvalue weighted by molar-refractivity contribution is -0.124. The predicted molar refractivity (Wildman–Crippen MR) is 56.2 cm³/mol. The van der Waals surface area contributed by atoms with E-state index in [2.05, 4.69) is 15.9 Å². The van der Waals surface area contributed by atoms with E-state index in [1.54, 1.807) is 12.1 Å². The fourth-order valence-corrected chi connectivity index (χ4v) is 1.49. The van der Waals surface area contributed by atoms with Crippen LogP contribution in [0, 0.1) is 17.1 Å². The summed E-state index contributed by atoms with van der Waals surface area (Å²) in [5.41, 5.74) is 0.371. The zero-order valence-corrected chi connectivity index (χ0v) is 9.58. The molecule has 5 heteroatoms. The van der Waals surface area contributed by atoms with Gasteiger partial charge in [-0.1, -0.05) is 15.9 Å². The SMILES string of the molecule is CN(Cc1cc(Br)ccc1F)C(=O)C#N. The highest BCUT2D eigenvalue weighted by Crippen LogP contribution is 2.16. The number of hydrogen-bond acceptors (Lipinski definition) is 2. The molecule has 3 nitrogen and oxygen atoms in total. The number of nitrogens with zero attached hydrogens (tertiary/aromatic N) is 2. The summed E-state index contributed by atoms with van der Waals surface area (Å²) in [4.78, 5) is 12.1. The molecule has 0 saturated heterocycles. The zero-order chi connectivity index (χ0) is 11.4. The third-order valence-electron chi connectivity index (χ3n) is 1.86. The van der Waals surface area contributed by atoms with Crippen molar-refractivity contribution in [3.8, 4) is 6.07 Å². The van der Waals surface area contributed by atoms with Crippen LogP contribution in [-0.2, 0) is 11.3 Å². The lowest BCUT2D eigenvalue weighted by Crippen LogP contribution is -2.24. The Morgan fingerprint density at radius 2 is 2.33 bits per heavy atom. The van der Waals surface area contributed by atoms with Crippen LogP contribution in [0.2, 0.25) is 0 Å². The monoisotopic (exact) mass is 270 g/mol. The summed E-state index contributed by atoms with van der Waals surface area (Å²) in [7, 11) is 1.45. The molecule has 0 spiro atoms. The number of halogens is 2. The van der Waals surface area contributed by atoms with Crippen molar-refractivity contribution in [1.29, 1.82) is 5.26 Å². The third kappa shape index (κ3) is 3.03. The van der Waals surface area contributed by atoms with Crippen molar-refractivity contribution >= 4 is 21.8 Å². The van der Waals surface area contributed by atoms with Crippen LogP contribution in [0.25, 0.3) is 0 Å². The van der Waals surface area contributed by atoms with Crippen molar-refractivity contribution in [3.05, 3.63) is 34.1 Å². The molecule has 0 aliphatic rings. The lowest BCUT2D eigenvalue weighted by atomic mass is 10.2. The minimum absolute atomic E-state index is 0.0810. The van der Waals surface area contributed by atoms with Gasteiger partial charge in [-0.15, -0.1) is 0 Å². The van der Waals surface area contributed by atoms with Gasteiger partial charge in [-0.2, -0.15) is 5.26 Å². The van der Waals surface area contributed by atoms with Crippen LogP contribution in [0.3, 0.4) is 0 Å². The maximum absolute atomic E-state index is 13.3. The van der Waals surface area contributed by atoms with Gasteiger partial charge in [0, 0.05) is 23.6 Å². The average Bonchev–Trinajstić information content (AvgIpc) is 2.22. The molecule has 0 aliphatic carbocycles. The molecule has 15 heavy (non-hydrogen) atoms. The molecule has 0 heterocycles. The van der Waals surface area contributed by atoms with Gasteiger partial charge in [0.2, 0.25) is 0 Å². The predicted octanol–water partition coefficient (Wildman–Crippen LogP) is 2.07. The van der Waals surface area contributed by atoms with Crippen molar-refractivity contribution in [1.82, 2.24) is 4.90 Å². The molecular formula is C10H8BrFN2O. The van der Waals surface area contributed by atoms with E-state index in [9.17, 15) is 9.18 Å². The van der Waals surface area contributed by atoms with Crippen molar-refractivity contribution in [2.75, 3.05) is 7.05 Å². The van der Waals surface area contributed by atoms with E-state index < -0.39 is 11.7 Å². The van der Waals surface area contributed by atoms with Gasteiger partial charge >= 0.3 is 5.91 Å². The van der Waals surface area contributed by atoms with Crippen LogP contribution in [0.15, 0.2) is 22.7 Å². The van der Waals surface area contributed by atoms with Gasteiger partial charge in [-0.25, -0.2) is 4.39 Å². The smallest absolute Gasteiger partial charge is 0.325 e. The summed E-state index contributed by atoms with van der Waals surface area (Å²) >= 11 is 3.21. The molecular weight excluding hydrogens is 263 g/mol. The summed E-state index contributed by atoms with van der Waals surface area (Å²) in [5.74, 6) is -1.08. The molecule has 0 aliphatic heterocycles. The van der Waals surface area contributed by atoms with E-state index in [1.807, 2.05) is 0 Å². The van der Waals surface area contributed by atoms with Crippen LogP contribution in [0.4, 0.5) is 4.39 Å². The summed E-state index contributed by atoms with van der Waals surface area (Å²) in [6.07, 6.45) is 0. The molecule has 0 atom stereocenters. The molecule has 0 saturated carbocycles. The highest BCUT2D eigenvalue weighted by molar-refractivity contribution is 9.10. The van der Waals surface area contributed by atoms with Gasteiger partial charge in [-0.05, 0) is 18.2 Å². The van der Waals surface area contributed by atoms with Gasteiger partial charge in [0.15, 0.2) is 6.07 Å². The standard InChI is InChI=1S/C10H8BrFN2O/c1-14(10(15)5-13)6-7-4-8(11)2-3-9(7)12/h2-4H,6H2,1H3. The summed E-state index contributed by atoms with van der Waals surface area (Å²) in [6, 6.07) is 5.94. The Hall–Kier alpha value is -1.41. The molecule has 1 aromatic rings. The fourth-order valence-electron chi connectivity index (χ4n) is 1.08. The van der Waals surface area contributed by atoms with Gasteiger partial charge in [-0.3, -0.25) is 4.79 Å². The minimum atomic E-state index is -0.686. The molecule has 0 fully saturated rings. The number of carbonyl (C=O) groups is 1. The summed E-state index contributed by atoms with van der Waals surface area (Å²) in [5, 5.41) is 8.36. The number of hydrogen-bond donors (Lipinski definition) is 0. The van der Waals surface area contributed by atoms with E-state index in [1.165, 1.54) is 19.2 Å². The second-order valence-electron chi connectivity index (χ2n) is 3.01. The van der Waals surface area contributed by atoms with Crippen molar-refractivity contribution in [2.45, 2.75) is 6.54 Å². The van der Waals surface area contributed by atoms with Crippen LogP contribution in [0.1, 0.15) is 5.56 Å². The van der Waals surface area contributed by atoms with Gasteiger partial charge in [0.1, 0.15) is 5.82 Å². The van der Waals surface area contributed by atoms with Crippen LogP contribution in [-0.4, -0.2) is 17.9 Å². The molecule has 0 unspecified atom stereocenters. The van der Waals surface area contributed by atoms with Crippen LogP contribution < -0.4 is 0 Å². The van der Waals surface area contributed by atoms with Gasteiger partial charge in [0.05, 0.1) is 0 Å². The van der Waals surface area contributed by atoms with Crippen molar-refractivity contribution in [2.24, 2.45) is 0 Å². The molecule has 1 rings (SSSR count). The largest absolute Gasteiger partial charge is 0.329 e. The Kier molecular flexibility index (Phi) is 3.81. The number of rotatable bonds is 2. The maximum atomic E-state index is 13.3. The van der Waals surface area contributed by atoms with Crippen LogP contribution in [0.5, 0.6) is 0 Å². The highest BCUT2D eigenvalue weighted by Gasteiger charge is 2.10. The van der Waals surface area contributed by atoms with E-state index in [0.29, 0.717) is 5.56 Å². The second-order valence-corrected chi connectivity index (χ2v) is 3.92. The molecule has 0 bridgehead atoms. The zero-order valence-electron chi connectivity index (χ0n) is 8.00. The molecule has 0 radical (unpaired) electrons. The Balaban J connectivity index is 2.85. The first-order valence-electron chi connectivity index (χ1n) is 4.13.